The maximum absolute atomic E-state index is 14.0. The third-order valence-electron chi connectivity index (χ3n) is 4.72. The molecule has 1 aliphatic rings. The van der Waals surface area contributed by atoms with Crippen molar-refractivity contribution in [3.63, 3.8) is 0 Å². The molecule has 1 aliphatic heterocycles. The van der Waals surface area contributed by atoms with Crippen molar-refractivity contribution in [1.82, 2.24) is 9.88 Å². The number of aromatic nitrogens is 1. The molecule has 1 aromatic heterocycles. The molecular weight excluding hydrogens is 319 g/mol. The van der Waals surface area contributed by atoms with Crippen molar-refractivity contribution in [3.8, 4) is 0 Å². The monoisotopic (exact) mass is 338 g/mol. The number of likely N-dealkylation sites (tertiary alicyclic amines) is 1. The summed E-state index contributed by atoms with van der Waals surface area (Å²) in [6.45, 7) is 5.91. The first kappa shape index (κ1) is 15.3. The second-order valence-electron chi connectivity index (χ2n) is 6.21. The third-order valence-corrected chi connectivity index (χ3v) is 5.92. The number of hydrogen-bond acceptors (Lipinski definition) is 3. The summed E-state index contributed by atoms with van der Waals surface area (Å²) < 4.78 is 15.2. The van der Waals surface area contributed by atoms with Crippen LogP contribution in [0, 0.1) is 5.82 Å². The molecule has 2 nitrogen and oxygen atoms in total. The molecule has 1 saturated heterocycles. The number of piperidine rings is 1. The average molecular weight is 338 g/mol. The molecule has 4 rings (SSSR count). The Morgan fingerprint density at radius 3 is 2.54 bits per heavy atom. The molecule has 0 saturated carbocycles. The summed E-state index contributed by atoms with van der Waals surface area (Å²) in [5.41, 5.74) is 2.49. The average Bonchev–Trinajstić information content (AvgIpc) is 3.06. The van der Waals surface area contributed by atoms with Crippen molar-refractivity contribution in [1.29, 1.82) is 0 Å². The smallest absolute Gasteiger partial charge is 0.132 e. The second kappa shape index (κ2) is 6.36. The van der Waals surface area contributed by atoms with Crippen LogP contribution < -0.4 is 0 Å². The molecule has 0 spiro atoms. The van der Waals surface area contributed by atoms with Gasteiger partial charge in [0.2, 0.25) is 0 Å². The maximum atomic E-state index is 14.0. The molecule has 2 aromatic carbocycles. The fraction of sp³-hybridized carbons (Fsp3) is 0.250. The Morgan fingerprint density at radius 1 is 1.08 bits per heavy atom. The largest absolute Gasteiger partial charge is 0.371 e. The van der Waals surface area contributed by atoms with E-state index in [-0.39, 0.29) is 5.82 Å². The number of para-hydroxylation sites is 1. The topological polar surface area (TPSA) is 16.1 Å². The van der Waals surface area contributed by atoms with Gasteiger partial charge in [0.15, 0.2) is 0 Å². The zero-order chi connectivity index (χ0) is 16.5. The summed E-state index contributed by atoms with van der Waals surface area (Å²) in [6.07, 6.45) is 2.07. The quantitative estimate of drug-likeness (QED) is 0.645. The molecule has 0 N–H and O–H groups in total. The summed E-state index contributed by atoms with van der Waals surface area (Å²) in [5.74, 6) is 0.294. The number of benzene rings is 2. The number of hydrogen-bond donors (Lipinski definition) is 0. The first-order valence-electron chi connectivity index (χ1n) is 8.26. The Bertz CT molecular complexity index is 845. The van der Waals surface area contributed by atoms with E-state index in [9.17, 15) is 4.39 Å². The summed E-state index contributed by atoms with van der Waals surface area (Å²) in [7, 11) is 0. The molecule has 4 heteroatoms. The van der Waals surface area contributed by atoms with Crippen LogP contribution in [-0.2, 0) is 0 Å². The Labute approximate surface area is 145 Å². The summed E-state index contributed by atoms with van der Waals surface area (Å²) in [4.78, 5) is 6.99. The van der Waals surface area contributed by atoms with Crippen LogP contribution in [0.3, 0.4) is 0 Å². The van der Waals surface area contributed by atoms with Crippen LogP contribution >= 0.6 is 11.3 Å². The van der Waals surface area contributed by atoms with Crippen molar-refractivity contribution in [2.24, 2.45) is 0 Å². The molecule has 0 bridgehead atoms. The standard InChI is InChI=1S/C20H19FN2S/c1-14(16-6-2-3-7-17(16)21)23-12-10-15(11-13-23)20-22-18-8-4-5-9-19(18)24-20/h2-9,15H,1,10-13H2. The lowest BCUT2D eigenvalue weighted by atomic mass is 9.96. The minimum Gasteiger partial charge on any atom is -0.371 e. The van der Waals surface area contributed by atoms with Gasteiger partial charge < -0.3 is 4.90 Å². The normalized spacial score (nSPS) is 15.8. The number of fused-ring (bicyclic) bond motifs is 1. The van der Waals surface area contributed by atoms with Crippen LogP contribution in [-0.4, -0.2) is 23.0 Å². The first-order valence-corrected chi connectivity index (χ1v) is 9.08. The Hall–Kier alpha value is -2.20. The zero-order valence-corrected chi connectivity index (χ0v) is 14.2. The summed E-state index contributed by atoms with van der Waals surface area (Å²) in [5, 5.41) is 1.23. The van der Waals surface area contributed by atoms with Crippen molar-refractivity contribution in [2.75, 3.05) is 13.1 Å². The van der Waals surface area contributed by atoms with Gasteiger partial charge in [-0.25, -0.2) is 9.37 Å². The molecule has 122 valence electrons. The molecule has 0 amide bonds. The molecule has 2 heterocycles. The summed E-state index contributed by atoms with van der Waals surface area (Å²) in [6, 6.07) is 15.2. The van der Waals surface area contributed by atoms with Crippen LogP contribution in [0.5, 0.6) is 0 Å². The van der Waals surface area contributed by atoms with Gasteiger partial charge >= 0.3 is 0 Å². The molecule has 0 radical (unpaired) electrons. The molecule has 3 aromatic rings. The van der Waals surface area contributed by atoms with E-state index in [4.69, 9.17) is 4.98 Å². The van der Waals surface area contributed by atoms with Crippen molar-refractivity contribution < 1.29 is 4.39 Å². The van der Waals surface area contributed by atoms with Gasteiger partial charge in [-0.2, -0.15) is 0 Å². The number of thiazole rings is 1. The van der Waals surface area contributed by atoms with Crippen LogP contribution in [0.1, 0.15) is 29.3 Å². The zero-order valence-electron chi connectivity index (χ0n) is 13.4. The van der Waals surface area contributed by atoms with Gasteiger partial charge in [-0.1, -0.05) is 30.8 Å². The van der Waals surface area contributed by atoms with Crippen LogP contribution in [0.15, 0.2) is 55.1 Å². The van der Waals surface area contributed by atoms with Crippen LogP contribution in [0.4, 0.5) is 4.39 Å². The Morgan fingerprint density at radius 2 is 1.79 bits per heavy atom. The lowest BCUT2D eigenvalue weighted by molar-refractivity contribution is 0.298. The Balaban J connectivity index is 1.47. The van der Waals surface area contributed by atoms with Crippen molar-refractivity contribution >= 4 is 27.3 Å². The lowest BCUT2D eigenvalue weighted by Crippen LogP contribution is -2.31. The fourth-order valence-electron chi connectivity index (χ4n) is 3.33. The third kappa shape index (κ3) is 2.82. The fourth-order valence-corrected chi connectivity index (χ4v) is 4.46. The highest BCUT2D eigenvalue weighted by Gasteiger charge is 2.25. The van der Waals surface area contributed by atoms with Crippen LogP contribution in [0.2, 0.25) is 0 Å². The van der Waals surface area contributed by atoms with E-state index in [1.165, 1.54) is 15.8 Å². The highest BCUT2D eigenvalue weighted by atomic mass is 32.1. The highest BCUT2D eigenvalue weighted by Crippen LogP contribution is 2.35. The van der Waals surface area contributed by atoms with Crippen LogP contribution in [0.25, 0.3) is 15.9 Å². The first-order chi connectivity index (χ1) is 11.7. The van der Waals surface area contributed by atoms with Crippen molar-refractivity contribution in [3.05, 3.63) is 71.5 Å². The van der Waals surface area contributed by atoms with Crippen molar-refractivity contribution in [2.45, 2.75) is 18.8 Å². The van der Waals surface area contributed by atoms with E-state index in [0.717, 1.165) is 37.1 Å². The van der Waals surface area contributed by atoms with E-state index in [0.29, 0.717) is 11.5 Å². The number of rotatable bonds is 3. The van der Waals surface area contributed by atoms with E-state index in [1.807, 2.05) is 12.1 Å². The van der Waals surface area contributed by atoms with E-state index >= 15 is 0 Å². The molecule has 0 atom stereocenters. The minimum absolute atomic E-state index is 0.198. The van der Waals surface area contributed by atoms with Gasteiger partial charge in [-0.15, -0.1) is 11.3 Å². The van der Waals surface area contributed by atoms with E-state index in [1.54, 1.807) is 23.5 Å². The number of halogens is 1. The van der Waals surface area contributed by atoms with Gasteiger partial charge in [-0.05, 0) is 37.1 Å². The predicted molar refractivity (Wildman–Crippen MR) is 98.6 cm³/mol. The van der Waals surface area contributed by atoms with Gasteiger partial charge in [0.05, 0.1) is 15.2 Å². The second-order valence-corrected chi connectivity index (χ2v) is 7.27. The SMILES string of the molecule is C=C(c1ccccc1F)N1CCC(c2nc3ccccc3s2)CC1. The molecule has 0 aliphatic carbocycles. The molecule has 24 heavy (non-hydrogen) atoms. The Kier molecular flexibility index (Phi) is 4.07. The van der Waals surface area contributed by atoms with Gasteiger partial charge in [0.25, 0.3) is 0 Å². The molecule has 1 fully saturated rings. The maximum Gasteiger partial charge on any atom is 0.132 e. The number of nitrogens with zero attached hydrogens (tertiary/aromatic N) is 2. The lowest BCUT2D eigenvalue weighted by Gasteiger charge is -2.34. The van der Waals surface area contributed by atoms with E-state index in [2.05, 4.69) is 29.7 Å². The van der Waals surface area contributed by atoms with Gasteiger partial charge in [0, 0.05) is 30.3 Å². The summed E-state index contributed by atoms with van der Waals surface area (Å²) >= 11 is 1.80. The highest BCUT2D eigenvalue weighted by molar-refractivity contribution is 7.18. The van der Waals surface area contributed by atoms with E-state index < -0.39 is 0 Å². The molecule has 0 unspecified atom stereocenters. The van der Waals surface area contributed by atoms with Gasteiger partial charge in [-0.3, -0.25) is 0 Å². The predicted octanol–water partition coefficient (Wildman–Crippen LogP) is 5.29. The van der Waals surface area contributed by atoms with Gasteiger partial charge in [0.1, 0.15) is 5.82 Å². The molecular formula is C20H19FN2S. The minimum atomic E-state index is -0.198.